The number of carbonyl (C=O) groups is 1. The SMILES string of the molecule is CCOC(=O)c1ccn(CCCc2ccc(OC)nc2)c1C(C)C. The van der Waals surface area contributed by atoms with E-state index in [0.717, 1.165) is 25.1 Å². The molecule has 0 amide bonds. The number of pyridine rings is 1. The molecule has 0 unspecified atom stereocenters. The molecule has 0 spiro atoms. The van der Waals surface area contributed by atoms with Gasteiger partial charge in [-0.25, -0.2) is 9.78 Å². The second-order valence-corrected chi connectivity index (χ2v) is 6.00. The largest absolute Gasteiger partial charge is 0.481 e. The van der Waals surface area contributed by atoms with Crippen LogP contribution in [0.3, 0.4) is 0 Å². The van der Waals surface area contributed by atoms with E-state index in [0.29, 0.717) is 18.1 Å². The maximum Gasteiger partial charge on any atom is 0.339 e. The summed E-state index contributed by atoms with van der Waals surface area (Å²) in [4.78, 5) is 16.3. The standard InChI is InChI=1S/C19H26N2O3/c1-5-24-19(22)16-10-12-21(18(16)14(2)3)11-6-7-15-8-9-17(23-4)20-13-15/h8-10,12-14H,5-7,11H2,1-4H3. The van der Waals surface area contributed by atoms with E-state index in [1.165, 1.54) is 5.56 Å². The third kappa shape index (κ3) is 4.37. The van der Waals surface area contributed by atoms with Crippen molar-refractivity contribution >= 4 is 5.97 Å². The highest BCUT2D eigenvalue weighted by atomic mass is 16.5. The van der Waals surface area contributed by atoms with Gasteiger partial charge in [0.2, 0.25) is 5.88 Å². The van der Waals surface area contributed by atoms with E-state index in [1.807, 2.05) is 37.5 Å². The van der Waals surface area contributed by atoms with Crippen molar-refractivity contribution in [1.82, 2.24) is 9.55 Å². The molecule has 130 valence electrons. The molecule has 2 rings (SSSR count). The Labute approximate surface area is 143 Å². The summed E-state index contributed by atoms with van der Waals surface area (Å²) >= 11 is 0. The van der Waals surface area contributed by atoms with E-state index in [9.17, 15) is 4.79 Å². The summed E-state index contributed by atoms with van der Waals surface area (Å²) in [7, 11) is 1.61. The van der Waals surface area contributed by atoms with Gasteiger partial charge >= 0.3 is 5.97 Å². The Hall–Kier alpha value is -2.30. The van der Waals surface area contributed by atoms with Gasteiger partial charge in [0, 0.05) is 30.7 Å². The van der Waals surface area contributed by atoms with Crippen molar-refractivity contribution in [3.8, 4) is 5.88 Å². The van der Waals surface area contributed by atoms with Crippen molar-refractivity contribution in [3.05, 3.63) is 47.4 Å². The molecular weight excluding hydrogens is 304 g/mol. The summed E-state index contributed by atoms with van der Waals surface area (Å²) in [6, 6.07) is 5.78. The summed E-state index contributed by atoms with van der Waals surface area (Å²) < 4.78 is 12.4. The lowest BCUT2D eigenvalue weighted by atomic mass is 10.1. The van der Waals surface area contributed by atoms with Gasteiger partial charge in [-0.15, -0.1) is 0 Å². The van der Waals surface area contributed by atoms with Crippen LogP contribution in [0.25, 0.3) is 0 Å². The van der Waals surface area contributed by atoms with Crippen LogP contribution >= 0.6 is 0 Å². The molecule has 0 aliphatic rings. The van der Waals surface area contributed by atoms with Crippen LogP contribution in [0.2, 0.25) is 0 Å². The summed E-state index contributed by atoms with van der Waals surface area (Å²) in [6.45, 7) is 7.28. The molecule has 2 heterocycles. The first kappa shape index (κ1) is 18.0. The lowest BCUT2D eigenvalue weighted by Crippen LogP contribution is -2.11. The fourth-order valence-corrected chi connectivity index (χ4v) is 2.84. The Morgan fingerprint density at radius 3 is 2.67 bits per heavy atom. The van der Waals surface area contributed by atoms with Gasteiger partial charge in [-0.3, -0.25) is 0 Å². The van der Waals surface area contributed by atoms with E-state index < -0.39 is 0 Å². The van der Waals surface area contributed by atoms with Gasteiger partial charge in [0.25, 0.3) is 0 Å². The van der Waals surface area contributed by atoms with Gasteiger partial charge in [0.1, 0.15) is 0 Å². The van der Waals surface area contributed by atoms with E-state index in [2.05, 4.69) is 23.4 Å². The van der Waals surface area contributed by atoms with E-state index in [-0.39, 0.29) is 11.9 Å². The molecule has 0 saturated heterocycles. The van der Waals surface area contributed by atoms with Crippen molar-refractivity contribution in [1.29, 1.82) is 0 Å². The zero-order chi connectivity index (χ0) is 17.5. The molecule has 0 aliphatic carbocycles. The quantitative estimate of drug-likeness (QED) is 0.690. The number of rotatable bonds is 8. The molecule has 2 aromatic heterocycles. The van der Waals surface area contributed by atoms with E-state index in [4.69, 9.17) is 9.47 Å². The number of hydrogen-bond donors (Lipinski definition) is 0. The maximum absolute atomic E-state index is 12.1. The van der Waals surface area contributed by atoms with Crippen molar-refractivity contribution in [2.45, 2.75) is 46.1 Å². The van der Waals surface area contributed by atoms with Crippen LogP contribution in [0, 0.1) is 0 Å². The van der Waals surface area contributed by atoms with Gasteiger partial charge in [-0.1, -0.05) is 19.9 Å². The lowest BCUT2D eigenvalue weighted by Gasteiger charge is -2.14. The summed E-state index contributed by atoms with van der Waals surface area (Å²) in [5.74, 6) is 0.659. The third-order valence-electron chi connectivity index (χ3n) is 3.92. The maximum atomic E-state index is 12.1. The number of carbonyl (C=O) groups excluding carboxylic acids is 1. The van der Waals surface area contributed by atoms with Crippen LogP contribution in [-0.2, 0) is 17.7 Å². The monoisotopic (exact) mass is 330 g/mol. The van der Waals surface area contributed by atoms with Gasteiger partial charge in [-0.2, -0.15) is 0 Å². The minimum absolute atomic E-state index is 0.237. The predicted molar refractivity (Wildman–Crippen MR) is 93.6 cm³/mol. The van der Waals surface area contributed by atoms with Crippen molar-refractivity contribution in [2.24, 2.45) is 0 Å². The first-order valence-electron chi connectivity index (χ1n) is 8.41. The van der Waals surface area contributed by atoms with Crippen molar-refractivity contribution in [2.75, 3.05) is 13.7 Å². The van der Waals surface area contributed by atoms with Gasteiger partial charge in [-0.05, 0) is 37.3 Å². The smallest absolute Gasteiger partial charge is 0.339 e. The average molecular weight is 330 g/mol. The third-order valence-corrected chi connectivity index (χ3v) is 3.92. The second kappa shape index (κ2) is 8.52. The molecule has 2 aromatic rings. The number of nitrogens with zero attached hydrogens (tertiary/aromatic N) is 2. The Morgan fingerprint density at radius 1 is 1.29 bits per heavy atom. The zero-order valence-electron chi connectivity index (χ0n) is 14.9. The summed E-state index contributed by atoms with van der Waals surface area (Å²) in [5, 5.41) is 0. The zero-order valence-corrected chi connectivity index (χ0v) is 14.9. The van der Waals surface area contributed by atoms with Crippen LogP contribution in [0.15, 0.2) is 30.6 Å². The Morgan fingerprint density at radius 2 is 2.08 bits per heavy atom. The summed E-state index contributed by atoms with van der Waals surface area (Å²) in [5.41, 5.74) is 2.90. The van der Waals surface area contributed by atoms with Gasteiger partial charge in [0.05, 0.1) is 19.3 Å². The van der Waals surface area contributed by atoms with Crippen LogP contribution in [0.1, 0.15) is 54.7 Å². The molecule has 0 N–H and O–H groups in total. The molecule has 0 atom stereocenters. The predicted octanol–water partition coefficient (Wildman–Crippen LogP) is 3.82. The Bertz CT molecular complexity index is 660. The first-order valence-corrected chi connectivity index (χ1v) is 8.41. The second-order valence-electron chi connectivity index (χ2n) is 6.00. The normalized spacial score (nSPS) is 10.9. The number of aromatic nitrogens is 2. The highest BCUT2D eigenvalue weighted by molar-refractivity contribution is 5.91. The van der Waals surface area contributed by atoms with Crippen LogP contribution in [0.4, 0.5) is 0 Å². The fraction of sp³-hybridized carbons (Fsp3) is 0.474. The minimum atomic E-state index is -0.237. The Balaban J connectivity index is 2.02. The lowest BCUT2D eigenvalue weighted by molar-refractivity contribution is 0.0524. The molecule has 0 bridgehead atoms. The molecule has 0 aliphatic heterocycles. The number of aryl methyl sites for hydroxylation is 2. The number of esters is 1. The summed E-state index contributed by atoms with van der Waals surface area (Å²) in [6.07, 6.45) is 5.74. The molecule has 0 aromatic carbocycles. The van der Waals surface area contributed by atoms with Crippen LogP contribution in [-0.4, -0.2) is 29.2 Å². The number of methoxy groups -OCH3 is 1. The number of ether oxygens (including phenoxy) is 2. The molecule has 5 nitrogen and oxygen atoms in total. The average Bonchev–Trinajstić information content (AvgIpc) is 3.00. The number of hydrogen-bond acceptors (Lipinski definition) is 4. The van der Waals surface area contributed by atoms with Crippen molar-refractivity contribution in [3.63, 3.8) is 0 Å². The molecule has 0 radical (unpaired) electrons. The van der Waals surface area contributed by atoms with Gasteiger partial charge < -0.3 is 14.0 Å². The van der Waals surface area contributed by atoms with E-state index in [1.54, 1.807) is 7.11 Å². The molecule has 0 fully saturated rings. The molecular formula is C19H26N2O3. The topological polar surface area (TPSA) is 53.4 Å². The first-order chi connectivity index (χ1) is 11.6. The van der Waals surface area contributed by atoms with Gasteiger partial charge in [0.15, 0.2) is 0 Å². The molecule has 0 saturated carbocycles. The van der Waals surface area contributed by atoms with Crippen molar-refractivity contribution < 1.29 is 14.3 Å². The fourth-order valence-electron chi connectivity index (χ4n) is 2.84. The van der Waals surface area contributed by atoms with Crippen LogP contribution < -0.4 is 4.74 Å². The van der Waals surface area contributed by atoms with E-state index >= 15 is 0 Å². The molecule has 5 heteroatoms. The van der Waals surface area contributed by atoms with Crippen LogP contribution in [0.5, 0.6) is 5.88 Å². The highest BCUT2D eigenvalue weighted by Crippen LogP contribution is 2.22. The minimum Gasteiger partial charge on any atom is -0.481 e. The molecule has 24 heavy (non-hydrogen) atoms. The highest BCUT2D eigenvalue weighted by Gasteiger charge is 2.19. The Kier molecular flexibility index (Phi) is 6.41.